The van der Waals surface area contributed by atoms with Crippen molar-refractivity contribution in [1.29, 1.82) is 0 Å². The van der Waals surface area contributed by atoms with E-state index in [-0.39, 0.29) is 11.5 Å². The van der Waals surface area contributed by atoms with Crippen LogP contribution in [0.2, 0.25) is 0 Å². The second-order valence-corrected chi connectivity index (χ2v) is 6.07. The van der Waals surface area contributed by atoms with Crippen LogP contribution in [0.4, 0.5) is 0 Å². The number of halogens is 1. The Bertz CT molecular complexity index is 938. The fraction of sp³-hybridized carbons (Fsp3) is 0.222. The molecule has 0 unspecified atom stereocenters. The van der Waals surface area contributed by atoms with Gasteiger partial charge in [0.05, 0.1) is 10.9 Å². The highest BCUT2D eigenvalue weighted by Crippen LogP contribution is 2.29. The molecule has 0 fully saturated rings. The van der Waals surface area contributed by atoms with E-state index in [9.17, 15) is 9.59 Å². The Morgan fingerprint density at radius 3 is 2.67 bits per heavy atom. The Morgan fingerprint density at radius 2 is 1.96 bits per heavy atom. The van der Waals surface area contributed by atoms with Gasteiger partial charge < -0.3 is 13.6 Å². The van der Waals surface area contributed by atoms with E-state index in [1.807, 2.05) is 6.92 Å². The molecule has 0 aliphatic rings. The van der Waals surface area contributed by atoms with E-state index in [2.05, 4.69) is 15.9 Å². The smallest absolute Gasteiger partial charge is 0.379 e. The summed E-state index contributed by atoms with van der Waals surface area (Å²) in [5.41, 5.74) is 0.270. The second-order valence-electron chi connectivity index (χ2n) is 5.29. The standard InChI is InChI=1S/C18H15BrO5/c1-2-3-6-12-16(24-18(21)14-9-10-15(19)22-14)11-7-4-5-8-13(11)23-17(12)20/h4-5,7-10H,2-3,6H2,1H3. The van der Waals surface area contributed by atoms with Gasteiger partial charge in [0.25, 0.3) is 0 Å². The van der Waals surface area contributed by atoms with Gasteiger partial charge >= 0.3 is 11.6 Å². The minimum atomic E-state index is -0.658. The quantitative estimate of drug-likeness (QED) is 0.465. The first-order chi connectivity index (χ1) is 11.6. The molecular formula is C18H15BrO5. The Morgan fingerprint density at radius 1 is 1.17 bits per heavy atom. The number of fused-ring (bicyclic) bond motifs is 1. The van der Waals surface area contributed by atoms with Gasteiger partial charge in [-0.1, -0.05) is 25.5 Å². The van der Waals surface area contributed by atoms with E-state index < -0.39 is 11.6 Å². The summed E-state index contributed by atoms with van der Waals surface area (Å²) in [6.45, 7) is 2.02. The molecule has 0 aliphatic carbocycles. The summed E-state index contributed by atoms with van der Waals surface area (Å²) in [4.78, 5) is 24.6. The molecule has 0 spiro atoms. The normalized spacial score (nSPS) is 10.9. The largest absolute Gasteiger partial charge is 0.442 e. The molecule has 0 radical (unpaired) electrons. The van der Waals surface area contributed by atoms with Crippen LogP contribution in [0.5, 0.6) is 5.75 Å². The van der Waals surface area contributed by atoms with Crippen molar-refractivity contribution in [2.75, 3.05) is 0 Å². The van der Waals surface area contributed by atoms with E-state index in [1.165, 1.54) is 6.07 Å². The van der Waals surface area contributed by atoms with E-state index in [1.54, 1.807) is 30.3 Å². The fourth-order valence-electron chi connectivity index (χ4n) is 2.41. The molecule has 0 bridgehead atoms. The number of para-hydroxylation sites is 1. The number of hydrogen-bond donors (Lipinski definition) is 0. The topological polar surface area (TPSA) is 69.7 Å². The molecule has 0 amide bonds. The highest BCUT2D eigenvalue weighted by Gasteiger charge is 2.21. The van der Waals surface area contributed by atoms with Gasteiger partial charge in [0, 0.05) is 0 Å². The van der Waals surface area contributed by atoms with Gasteiger partial charge in [0.2, 0.25) is 5.76 Å². The molecule has 3 rings (SSSR count). The lowest BCUT2D eigenvalue weighted by atomic mass is 10.1. The van der Waals surface area contributed by atoms with Gasteiger partial charge in [0.1, 0.15) is 5.58 Å². The van der Waals surface area contributed by atoms with Crippen molar-refractivity contribution < 1.29 is 18.4 Å². The Labute approximate surface area is 146 Å². The maximum Gasteiger partial charge on any atom is 0.379 e. The summed E-state index contributed by atoms with van der Waals surface area (Å²) in [5.74, 6) is -0.359. The molecule has 0 saturated carbocycles. The predicted molar refractivity (Wildman–Crippen MR) is 92.5 cm³/mol. The van der Waals surface area contributed by atoms with Crippen LogP contribution >= 0.6 is 15.9 Å². The van der Waals surface area contributed by atoms with Crippen LogP contribution in [-0.2, 0) is 6.42 Å². The van der Waals surface area contributed by atoms with Gasteiger partial charge in [-0.25, -0.2) is 9.59 Å². The molecule has 124 valence electrons. The van der Waals surface area contributed by atoms with Crippen LogP contribution in [-0.4, -0.2) is 5.97 Å². The van der Waals surface area contributed by atoms with Crippen molar-refractivity contribution in [3.8, 4) is 5.75 Å². The maximum absolute atomic E-state index is 12.3. The first-order valence-electron chi connectivity index (χ1n) is 7.62. The predicted octanol–water partition coefficient (Wildman–Crippen LogP) is 4.71. The number of carbonyl (C=O) groups excluding carboxylic acids is 1. The van der Waals surface area contributed by atoms with Crippen molar-refractivity contribution in [2.45, 2.75) is 26.2 Å². The third-order valence-electron chi connectivity index (χ3n) is 3.60. The van der Waals surface area contributed by atoms with Gasteiger partial charge in [-0.05, 0) is 53.0 Å². The SMILES string of the molecule is CCCCc1c(OC(=O)c2ccc(Br)o2)c2ccccc2oc1=O. The summed E-state index contributed by atoms with van der Waals surface area (Å²) in [6, 6.07) is 10.1. The summed E-state index contributed by atoms with van der Waals surface area (Å²) in [7, 11) is 0. The number of rotatable bonds is 5. The number of unbranched alkanes of at least 4 members (excludes halogenated alkanes) is 1. The van der Waals surface area contributed by atoms with Gasteiger partial charge in [-0.15, -0.1) is 0 Å². The average Bonchev–Trinajstić information content (AvgIpc) is 3.01. The van der Waals surface area contributed by atoms with Crippen LogP contribution in [0, 0.1) is 0 Å². The molecule has 2 heterocycles. The molecule has 3 aromatic rings. The average molecular weight is 391 g/mol. The second kappa shape index (κ2) is 7.05. The first-order valence-corrected chi connectivity index (χ1v) is 8.41. The van der Waals surface area contributed by atoms with Crippen molar-refractivity contribution in [1.82, 2.24) is 0 Å². The summed E-state index contributed by atoms with van der Waals surface area (Å²) >= 11 is 3.15. The van der Waals surface area contributed by atoms with Crippen molar-refractivity contribution in [3.05, 3.63) is 62.8 Å². The van der Waals surface area contributed by atoms with E-state index >= 15 is 0 Å². The Hall–Kier alpha value is -2.34. The molecule has 24 heavy (non-hydrogen) atoms. The zero-order chi connectivity index (χ0) is 17.1. The highest BCUT2D eigenvalue weighted by atomic mass is 79.9. The first kappa shape index (κ1) is 16.5. The van der Waals surface area contributed by atoms with Crippen molar-refractivity contribution in [2.24, 2.45) is 0 Å². The zero-order valence-corrected chi connectivity index (χ0v) is 14.6. The Balaban J connectivity index is 2.09. The lowest BCUT2D eigenvalue weighted by Crippen LogP contribution is -2.15. The van der Waals surface area contributed by atoms with Gasteiger partial charge in [0.15, 0.2) is 10.4 Å². The lowest BCUT2D eigenvalue weighted by Gasteiger charge is -2.10. The van der Waals surface area contributed by atoms with Crippen LogP contribution in [0.3, 0.4) is 0 Å². The van der Waals surface area contributed by atoms with Crippen LogP contribution in [0.15, 0.2) is 54.7 Å². The highest BCUT2D eigenvalue weighted by molar-refractivity contribution is 9.10. The van der Waals surface area contributed by atoms with Crippen LogP contribution in [0.25, 0.3) is 11.0 Å². The third kappa shape index (κ3) is 3.28. The van der Waals surface area contributed by atoms with E-state index in [0.29, 0.717) is 27.6 Å². The molecular weight excluding hydrogens is 376 g/mol. The number of carbonyl (C=O) groups is 1. The summed E-state index contributed by atoms with van der Waals surface area (Å²) in [6.07, 6.45) is 2.18. The number of benzene rings is 1. The van der Waals surface area contributed by atoms with Crippen molar-refractivity contribution in [3.63, 3.8) is 0 Å². The van der Waals surface area contributed by atoms with Gasteiger partial charge in [-0.3, -0.25) is 0 Å². The van der Waals surface area contributed by atoms with Crippen LogP contribution in [0.1, 0.15) is 35.9 Å². The fourth-order valence-corrected chi connectivity index (χ4v) is 2.72. The van der Waals surface area contributed by atoms with Crippen LogP contribution < -0.4 is 10.4 Å². The van der Waals surface area contributed by atoms with E-state index in [0.717, 1.165) is 12.8 Å². The minimum absolute atomic E-state index is 0.0561. The molecule has 0 saturated heterocycles. The molecule has 0 atom stereocenters. The molecule has 6 heteroatoms. The monoisotopic (exact) mass is 390 g/mol. The number of ether oxygens (including phenoxy) is 1. The summed E-state index contributed by atoms with van der Waals surface area (Å²) in [5, 5.41) is 0.585. The third-order valence-corrected chi connectivity index (χ3v) is 4.03. The molecule has 5 nitrogen and oxygen atoms in total. The molecule has 2 aromatic heterocycles. The lowest BCUT2D eigenvalue weighted by molar-refractivity contribution is 0.0700. The Kier molecular flexibility index (Phi) is 4.85. The zero-order valence-electron chi connectivity index (χ0n) is 13.0. The molecule has 1 aromatic carbocycles. The number of hydrogen-bond acceptors (Lipinski definition) is 5. The minimum Gasteiger partial charge on any atom is -0.442 e. The number of esters is 1. The van der Waals surface area contributed by atoms with Crippen molar-refractivity contribution >= 4 is 32.9 Å². The van der Waals surface area contributed by atoms with Gasteiger partial charge in [-0.2, -0.15) is 0 Å². The number of furan rings is 1. The summed E-state index contributed by atoms with van der Waals surface area (Å²) < 4.78 is 16.5. The molecule has 0 aliphatic heterocycles. The maximum atomic E-state index is 12.3. The van der Waals surface area contributed by atoms with E-state index in [4.69, 9.17) is 13.6 Å². The molecule has 0 N–H and O–H groups in total.